The third-order valence-electron chi connectivity index (χ3n) is 3.21. The molecule has 0 saturated carbocycles. The lowest BCUT2D eigenvalue weighted by Crippen LogP contribution is -2.23. The van der Waals surface area contributed by atoms with Gasteiger partial charge in [0.25, 0.3) is 0 Å². The van der Waals surface area contributed by atoms with Crippen LogP contribution in [0.15, 0.2) is 36.4 Å². The first-order valence-electron chi connectivity index (χ1n) is 6.47. The lowest BCUT2D eigenvalue weighted by atomic mass is 9.97. The Balaban J connectivity index is 2.49. The van der Waals surface area contributed by atoms with Crippen molar-refractivity contribution < 1.29 is 8.78 Å². The quantitative estimate of drug-likeness (QED) is 0.867. The van der Waals surface area contributed by atoms with Crippen molar-refractivity contribution in [3.63, 3.8) is 0 Å². The number of aryl methyl sites for hydroxylation is 1. The molecule has 20 heavy (non-hydrogen) atoms. The van der Waals surface area contributed by atoms with Crippen molar-refractivity contribution in [1.29, 1.82) is 0 Å². The second-order valence-corrected chi connectivity index (χ2v) is 5.07. The van der Waals surface area contributed by atoms with Gasteiger partial charge in [-0.15, -0.1) is 0 Å². The fraction of sp³-hybridized carbons (Fsp3) is 0.250. The second-order valence-electron chi connectivity index (χ2n) is 4.67. The monoisotopic (exact) mass is 295 g/mol. The van der Waals surface area contributed by atoms with Crippen molar-refractivity contribution in [2.24, 2.45) is 0 Å². The summed E-state index contributed by atoms with van der Waals surface area (Å²) < 4.78 is 27.4. The van der Waals surface area contributed by atoms with Crippen LogP contribution in [0.3, 0.4) is 0 Å². The molecule has 2 rings (SSSR count). The molecular weight excluding hydrogens is 280 g/mol. The lowest BCUT2D eigenvalue weighted by molar-refractivity contribution is 0.545. The van der Waals surface area contributed by atoms with Gasteiger partial charge in [-0.2, -0.15) is 0 Å². The van der Waals surface area contributed by atoms with Crippen LogP contribution in [0.1, 0.15) is 29.7 Å². The Morgan fingerprint density at radius 2 is 1.90 bits per heavy atom. The van der Waals surface area contributed by atoms with Gasteiger partial charge in [-0.3, -0.25) is 0 Å². The van der Waals surface area contributed by atoms with Crippen LogP contribution in [0, 0.1) is 18.6 Å². The highest BCUT2D eigenvalue weighted by Crippen LogP contribution is 2.28. The van der Waals surface area contributed by atoms with E-state index in [2.05, 4.69) is 5.32 Å². The molecule has 0 fully saturated rings. The van der Waals surface area contributed by atoms with Gasteiger partial charge in [-0.1, -0.05) is 30.7 Å². The van der Waals surface area contributed by atoms with Gasteiger partial charge in [-0.05, 0) is 48.9 Å². The molecule has 1 atom stereocenters. The summed E-state index contributed by atoms with van der Waals surface area (Å²) in [5.74, 6) is -0.892. The van der Waals surface area contributed by atoms with Gasteiger partial charge in [0.15, 0.2) is 0 Å². The number of hydrogen-bond acceptors (Lipinski definition) is 1. The first-order chi connectivity index (χ1) is 9.52. The van der Waals surface area contributed by atoms with Crippen molar-refractivity contribution in [3.05, 3.63) is 69.7 Å². The molecule has 0 aliphatic carbocycles. The van der Waals surface area contributed by atoms with E-state index in [0.717, 1.165) is 23.3 Å². The van der Waals surface area contributed by atoms with Gasteiger partial charge in [-0.25, -0.2) is 8.78 Å². The van der Waals surface area contributed by atoms with E-state index in [9.17, 15) is 8.78 Å². The maximum atomic E-state index is 14.0. The zero-order valence-corrected chi connectivity index (χ0v) is 12.1. The normalized spacial score (nSPS) is 12.4. The number of rotatable bonds is 4. The van der Waals surface area contributed by atoms with Crippen LogP contribution in [-0.4, -0.2) is 6.54 Å². The molecule has 0 heterocycles. The molecule has 4 heteroatoms. The maximum Gasteiger partial charge on any atom is 0.128 e. The highest BCUT2D eigenvalue weighted by Gasteiger charge is 2.18. The summed E-state index contributed by atoms with van der Waals surface area (Å²) in [5.41, 5.74) is 2.05. The van der Waals surface area contributed by atoms with Gasteiger partial charge in [0.2, 0.25) is 0 Å². The number of hydrogen-bond donors (Lipinski definition) is 1. The van der Waals surface area contributed by atoms with E-state index in [1.54, 1.807) is 6.07 Å². The third-order valence-corrected chi connectivity index (χ3v) is 3.61. The van der Waals surface area contributed by atoms with E-state index in [-0.39, 0.29) is 5.56 Å². The first kappa shape index (κ1) is 14.9. The van der Waals surface area contributed by atoms with Crippen LogP contribution >= 0.6 is 11.6 Å². The summed E-state index contributed by atoms with van der Waals surface area (Å²) >= 11 is 6.12. The highest BCUT2D eigenvalue weighted by atomic mass is 35.5. The van der Waals surface area contributed by atoms with Gasteiger partial charge < -0.3 is 5.32 Å². The van der Waals surface area contributed by atoms with Gasteiger partial charge in [0.1, 0.15) is 11.6 Å². The Morgan fingerprint density at radius 3 is 2.55 bits per heavy atom. The molecule has 2 aromatic carbocycles. The second kappa shape index (κ2) is 6.33. The molecule has 2 aromatic rings. The predicted octanol–water partition coefficient (Wildman–Crippen LogP) is 4.63. The molecule has 0 bridgehead atoms. The van der Waals surface area contributed by atoms with Crippen LogP contribution in [0.2, 0.25) is 5.02 Å². The van der Waals surface area contributed by atoms with Crippen molar-refractivity contribution in [3.8, 4) is 0 Å². The van der Waals surface area contributed by atoms with Crippen LogP contribution in [-0.2, 0) is 0 Å². The van der Waals surface area contributed by atoms with Gasteiger partial charge in [0.05, 0.1) is 6.04 Å². The topological polar surface area (TPSA) is 12.0 Å². The van der Waals surface area contributed by atoms with Crippen LogP contribution in [0.25, 0.3) is 0 Å². The largest absolute Gasteiger partial charge is 0.306 e. The van der Waals surface area contributed by atoms with Crippen LogP contribution in [0.4, 0.5) is 8.78 Å². The molecule has 0 spiro atoms. The smallest absolute Gasteiger partial charge is 0.128 e. The summed E-state index contributed by atoms with van der Waals surface area (Å²) in [6.45, 7) is 4.45. The molecule has 0 saturated heterocycles. The molecule has 0 aromatic heterocycles. The number of nitrogens with one attached hydrogen (secondary N) is 1. The highest BCUT2D eigenvalue weighted by molar-refractivity contribution is 6.31. The van der Waals surface area contributed by atoms with Crippen LogP contribution in [0.5, 0.6) is 0 Å². The Bertz CT molecular complexity index is 613. The molecule has 1 N–H and O–H groups in total. The first-order valence-corrected chi connectivity index (χ1v) is 6.85. The average molecular weight is 296 g/mol. The van der Waals surface area contributed by atoms with E-state index in [1.165, 1.54) is 6.07 Å². The van der Waals surface area contributed by atoms with Crippen LogP contribution < -0.4 is 5.32 Å². The SMILES string of the molecule is CCNC(c1ccc(C)c(Cl)c1)c1cc(F)ccc1F. The molecule has 1 unspecified atom stereocenters. The standard InChI is InChI=1S/C16H16ClF2N/c1-3-20-16(11-5-4-10(2)14(17)8-11)13-9-12(18)6-7-15(13)19/h4-9,16,20H,3H2,1-2H3. The summed E-state index contributed by atoms with van der Waals surface area (Å²) in [6.07, 6.45) is 0. The summed E-state index contributed by atoms with van der Waals surface area (Å²) in [5, 5.41) is 3.78. The van der Waals surface area contributed by atoms with E-state index in [0.29, 0.717) is 11.6 Å². The van der Waals surface area contributed by atoms with E-state index in [4.69, 9.17) is 11.6 Å². The fourth-order valence-electron chi connectivity index (χ4n) is 2.14. The molecule has 0 amide bonds. The lowest BCUT2D eigenvalue weighted by Gasteiger charge is -2.20. The van der Waals surface area contributed by atoms with Crippen molar-refractivity contribution in [1.82, 2.24) is 5.32 Å². The maximum absolute atomic E-state index is 14.0. The van der Waals surface area contributed by atoms with E-state index in [1.807, 2.05) is 26.0 Å². The van der Waals surface area contributed by atoms with Crippen molar-refractivity contribution in [2.45, 2.75) is 19.9 Å². The summed E-state index contributed by atoms with van der Waals surface area (Å²) in [7, 11) is 0. The fourth-order valence-corrected chi connectivity index (χ4v) is 2.32. The molecule has 0 aliphatic rings. The zero-order valence-electron chi connectivity index (χ0n) is 11.4. The van der Waals surface area contributed by atoms with Crippen molar-refractivity contribution >= 4 is 11.6 Å². The van der Waals surface area contributed by atoms with E-state index >= 15 is 0 Å². The van der Waals surface area contributed by atoms with E-state index < -0.39 is 17.7 Å². The Kier molecular flexibility index (Phi) is 4.73. The zero-order chi connectivity index (χ0) is 14.7. The van der Waals surface area contributed by atoms with Gasteiger partial charge in [0, 0.05) is 10.6 Å². The minimum absolute atomic E-state index is 0.284. The molecule has 106 valence electrons. The Morgan fingerprint density at radius 1 is 1.15 bits per heavy atom. The number of halogens is 3. The van der Waals surface area contributed by atoms with Crippen molar-refractivity contribution in [2.75, 3.05) is 6.54 Å². The third kappa shape index (κ3) is 3.17. The average Bonchev–Trinajstić information content (AvgIpc) is 2.42. The summed E-state index contributed by atoms with van der Waals surface area (Å²) in [6, 6.07) is 8.59. The molecule has 0 aliphatic heterocycles. The summed E-state index contributed by atoms with van der Waals surface area (Å²) in [4.78, 5) is 0. The predicted molar refractivity (Wildman–Crippen MR) is 78.1 cm³/mol. The molecular formula is C16H16ClF2N. The minimum Gasteiger partial charge on any atom is -0.306 e. The van der Waals surface area contributed by atoms with Gasteiger partial charge >= 0.3 is 0 Å². The Hall–Kier alpha value is -1.45. The number of benzene rings is 2. The minimum atomic E-state index is -0.456. The Labute approximate surface area is 122 Å². The molecule has 0 radical (unpaired) electrons. The molecule has 1 nitrogen and oxygen atoms in total.